The second kappa shape index (κ2) is 23.6. The van der Waals surface area contributed by atoms with Gasteiger partial charge in [0.2, 0.25) is 0 Å². The van der Waals surface area contributed by atoms with Crippen LogP contribution >= 0.6 is 12.4 Å². The number of amides is 1. The van der Waals surface area contributed by atoms with Crippen molar-refractivity contribution in [3.05, 3.63) is 132 Å². The summed E-state index contributed by atoms with van der Waals surface area (Å²) in [6, 6.07) is 15.6. The molecule has 2 saturated heterocycles. The van der Waals surface area contributed by atoms with Gasteiger partial charge in [-0.2, -0.15) is 20.7 Å². The molecule has 376 valence electrons. The van der Waals surface area contributed by atoms with Crippen LogP contribution in [0.15, 0.2) is 97.4 Å². The van der Waals surface area contributed by atoms with Crippen LogP contribution in [-0.4, -0.2) is 133 Å². The number of nitriles is 2. The number of aryl methyl sites for hydroxylation is 2. The molecule has 0 radical (unpaired) electrons. The van der Waals surface area contributed by atoms with Crippen molar-refractivity contribution in [2.24, 2.45) is 0 Å². The number of ketones is 2. The van der Waals surface area contributed by atoms with E-state index in [1.54, 1.807) is 38.4 Å². The van der Waals surface area contributed by atoms with E-state index in [2.05, 4.69) is 67.5 Å². The molecule has 4 N–H and O–H groups in total. The number of Topliss-reactive ketones (excluding diaryl/α,β-unsaturated/α-hetero) is 2. The number of hydrogen-bond donors (Lipinski definition) is 4. The summed E-state index contributed by atoms with van der Waals surface area (Å²) in [5.41, 5.74) is 6.01. The van der Waals surface area contributed by atoms with Crippen molar-refractivity contribution in [2.75, 3.05) is 40.4 Å². The zero-order valence-electron chi connectivity index (χ0n) is 40.4. The number of methoxy groups -OCH3 is 2. The highest BCUT2D eigenvalue weighted by Crippen LogP contribution is 2.34. The van der Waals surface area contributed by atoms with Crippen LogP contribution in [0.4, 0.5) is 0 Å². The van der Waals surface area contributed by atoms with E-state index in [4.69, 9.17) is 19.8 Å². The van der Waals surface area contributed by atoms with Gasteiger partial charge in [0.1, 0.15) is 47.9 Å². The lowest BCUT2D eigenvalue weighted by Crippen LogP contribution is -2.40. The summed E-state index contributed by atoms with van der Waals surface area (Å²) < 4.78 is 13.6. The first-order chi connectivity index (χ1) is 35.5. The van der Waals surface area contributed by atoms with Gasteiger partial charge in [-0.3, -0.25) is 24.4 Å². The minimum atomic E-state index is -1.54. The standard InChI is InChI=1S/C25H22N8O3.C13H11N5O4.C12H13N3.ClH/c1-15-30-14-33(31-15)24-22-21(20(36-2)13-29-24)18(12-28-22)23(34)25(35)32-9-6-16(7-10-32)17(11-26)19-5-3-4-8-27-19;1-6-16-5-18(17-6)12-10-9(8(22-2)4-15-12)7(3-14-10)11(19)13(20)21;13-9-11(10-4-7-14-8-5-10)12-3-1-2-6-15-12;/h3-5,8,12-14,28H,6-7,9-10H2,1-2H3;3-5,14H,1-2H3,(H,20,21);1-3,6,14H,4-5,7-8H2;1H. The van der Waals surface area contributed by atoms with Crippen LogP contribution in [0.2, 0.25) is 0 Å². The van der Waals surface area contributed by atoms with E-state index in [1.807, 2.05) is 24.3 Å². The van der Waals surface area contributed by atoms with Gasteiger partial charge < -0.3 is 34.8 Å². The number of carboxylic acids is 1. The lowest BCUT2D eigenvalue weighted by atomic mass is 9.95. The highest BCUT2D eigenvalue weighted by molar-refractivity contribution is 6.45. The minimum absolute atomic E-state index is 0. The average Bonchev–Trinajstić information content (AvgIpc) is 4.27. The van der Waals surface area contributed by atoms with Crippen molar-refractivity contribution in [1.82, 2.24) is 69.6 Å². The molecule has 0 aliphatic carbocycles. The molecule has 23 nitrogen and oxygen atoms in total. The van der Waals surface area contributed by atoms with Crippen LogP contribution in [0.3, 0.4) is 0 Å². The number of pyridine rings is 4. The van der Waals surface area contributed by atoms with Gasteiger partial charge in [-0.05, 0) is 88.0 Å². The highest BCUT2D eigenvalue weighted by Gasteiger charge is 2.31. The minimum Gasteiger partial charge on any atom is -0.494 e. The zero-order valence-corrected chi connectivity index (χ0v) is 41.2. The molecule has 0 bridgehead atoms. The van der Waals surface area contributed by atoms with Gasteiger partial charge in [0, 0.05) is 37.9 Å². The molecule has 8 aromatic heterocycles. The van der Waals surface area contributed by atoms with Crippen LogP contribution in [-0.2, 0) is 9.59 Å². The predicted molar refractivity (Wildman–Crippen MR) is 270 cm³/mol. The fourth-order valence-electron chi connectivity index (χ4n) is 8.36. The summed E-state index contributed by atoms with van der Waals surface area (Å²) >= 11 is 0. The van der Waals surface area contributed by atoms with Crippen molar-refractivity contribution in [1.29, 1.82) is 10.5 Å². The normalized spacial score (nSPS) is 13.0. The van der Waals surface area contributed by atoms with Crippen LogP contribution in [0.25, 0.3) is 44.6 Å². The fourth-order valence-corrected chi connectivity index (χ4v) is 8.36. The zero-order chi connectivity index (χ0) is 51.6. The summed E-state index contributed by atoms with van der Waals surface area (Å²) in [5.74, 6) is -1.23. The Labute approximate surface area is 428 Å². The maximum Gasteiger partial charge on any atom is 0.377 e. The Morgan fingerprint density at radius 3 is 1.50 bits per heavy atom. The summed E-state index contributed by atoms with van der Waals surface area (Å²) in [6.45, 7) is 6.09. The van der Waals surface area contributed by atoms with Gasteiger partial charge in [-0.1, -0.05) is 12.1 Å². The average molecular weight is 1020 g/mol. The third-order valence-electron chi connectivity index (χ3n) is 11.9. The SMILES string of the molecule is COc1cnc(-n2cnc(C)n2)c2[nH]cc(C(=O)C(=O)N3CCC(=C(C#N)c4ccccn4)CC3)c12.COc1cnc(-n2cnc(C)n2)c2[nH]cc(C(=O)C(=O)O)c12.Cl.N#CC(=C1CCNCC1)c1ccccn1. The van der Waals surface area contributed by atoms with Gasteiger partial charge in [0.05, 0.1) is 82.1 Å². The van der Waals surface area contributed by atoms with E-state index in [0.717, 1.165) is 42.8 Å². The Balaban J connectivity index is 0.000000179. The number of hydrogen-bond acceptors (Lipinski definition) is 17. The Morgan fingerprint density at radius 2 is 1.11 bits per heavy atom. The maximum atomic E-state index is 13.3. The third kappa shape index (κ3) is 11.0. The Morgan fingerprint density at radius 1 is 0.649 bits per heavy atom. The van der Waals surface area contributed by atoms with E-state index in [9.17, 15) is 24.4 Å². The molecular weight excluding hydrogens is 972 g/mol. The molecule has 1 amide bonds. The number of fused-ring (bicyclic) bond motifs is 2. The topological polar surface area (TPSA) is 314 Å². The van der Waals surface area contributed by atoms with Crippen LogP contribution < -0.4 is 14.8 Å². The number of carboxylic acid groups (broad SMARTS) is 1. The van der Waals surface area contributed by atoms with E-state index < -0.39 is 23.4 Å². The summed E-state index contributed by atoms with van der Waals surface area (Å²) in [6.07, 6.45) is 15.0. The largest absolute Gasteiger partial charge is 0.494 e. The summed E-state index contributed by atoms with van der Waals surface area (Å²) in [4.78, 5) is 82.0. The molecule has 0 saturated carbocycles. The fraction of sp³-hybridized carbons (Fsp3) is 0.240. The van der Waals surface area contributed by atoms with Gasteiger partial charge >= 0.3 is 5.97 Å². The maximum absolute atomic E-state index is 13.3. The Bertz CT molecular complexity index is 3510. The molecule has 2 fully saturated rings. The molecule has 74 heavy (non-hydrogen) atoms. The Hall–Kier alpha value is -9.45. The molecule has 10 heterocycles. The molecule has 0 spiro atoms. The van der Waals surface area contributed by atoms with Gasteiger partial charge in [-0.25, -0.2) is 34.1 Å². The number of allylic oxidation sites excluding steroid dienone is 2. The summed E-state index contributed by atoms with van der Waals surface area (Å²) in [5, 5.41) is 40.3. The van der Waals surface area contributed by atoms with Gasteiger partial charge in [-0.15, -0.1) is 12.4 Å². The third-order valence-corrected chi connectivity index (χ3v) is 11.9. The van der Waals surface area contributed by atoms with E-state index >= 15 is 0 Å². The van der Waals surface area contributed by atoms with E-state index in [0.29, 0.717) is 93.8 Å². The lowest BCUT2D eigenvalue weighted by Gasteiger charge is -2.28. The highest BCUT2D eigenvalue weighted by atomic mass is 35.5. The first-order valence-electron chi connectivity index (χ1n) is 22.7. The monoisotopic (exact) mass is 1020 g/mol. The van der Waals surface area contributed by atoms with Crippen LogP contribution in [0, 0.1) is 36.5 Å². The molecule has 0 atom stereocenters. The summed E-state index contributed by atoms with van der Waals surface area (Å²) in [7, 11) is 2.89. The van der Waals surface area contributed by atoms with Crippen molar-refractivity contribution in [3.8, 4) is 35.3 Å². The number of nitrogens with zero attached hydrogens (tertiary/aromatic N) is 13. The van der Waals surface area contributed by atoms with E-state index in [-0.39, 0.29) is 23.5 Å². The Kier molecular flexibility index (Phi) is 16.7. The lowest BCUT2D eigenvalue weighted by molar-refractivity contribution is -0.131. The number of aromatic amines is 2. The van der Waals surface area contributed by atoms with E-state index in [1.165, 1.54) is 71.5 Å². The number of nitrogens with one attached hydrogen (secondary N) is 3. The molecular formula is C50H47ClN16O7. The number of carbonyl (C=O) groups is 4. The molecule has 2 aliphatic heterocycles. The first-order valence-corrected chi connectivity index (χ1v) is 22.7. The first kappa shape index (κ1) is 52.4. The van der Waals surface area contributed by atoms with Crippen molar-refractivity contribution >= 4 is 68.8 Å². The van der Waals surface area contributed by atoms with Crippen LogP contribution in [0.1, 0.15) is 69.4 Å². The smallest absolute Gasteiger partial charge is 0.377 e. The number of piperidine rings is 2. The molecule has 24 heteroatoms. The van der Waals surface area contributed by atoms with Gasteiger partial charge in [0.15, 0.2) is 11.6 Å². The number of likely N-dealkylation sites (tertiary alicyclic amines) is 1. The van der Waals surface area contributed by atoms with Crippen molar-refractivity contribution < 1.29 is 33.8 Å². The molecule has 2 aliphatic rings. The molecule has 0 unspecified atom stereocenters. The molecule has 0 aromatic carbocycles. The number of carbonyl (C=O) groups excluding carboxylic acids is 3. The number of aromatic nitrogens is 12. The molecule has 8 aromatic rings. The number of rotatable bonds is 10. The predicted octanol–water partition coefficient (Wildman–Crippen LogP) is 5.53. The van der Waals surface area contributed by atoms with Crippen molar-refractivity contribution in [2.45, 2.75) is 39.5 Å². The second-order valence-corrected chi connectivity index (χ2v) is 16.3. The molecule has 10 rings (SSSR count). The number of aliphatic carboxylic acids is 1. The van der Waals surface area contributed by atoms with Gasteiger partial charge in [0.25, 0.3) is 17.5 Å². The number of H-pyrrole nitrogens is 2. The second-order valence-electron chi connectivity index (χ2n) is 16.3. The quantitative estimate of drug-likeness (QED) is 0.0743. The number of ether oxygens (including phenoxy) is 2. The van der Waals surface area contributed by atoms with Crippen LogP contribution in [0.5, 0.6) is 11.5 Å². The van der Waals surface area contributed by atoms with Crippen molar-refractivity contribution in [3.63, 3.8) is 0 Å². The number of halogens is 1.